The molecule has 0 saturated carbocycles. The molecule has 0 spiro atoms. The fourth-order valence-electron chi connectivity index (χ4n) is 2.72. The summed E-state index contributed by atoms with van der Waals surface area (Å²) in [4.78, 5) is 24.2. The highest BCUT2D eigenvalue weighted by molar-refractivity contribution is 7.08. The minimum absolute atomic E-state index is 0.0659. The van der Waals surface area contributed by atoms with Gasteiger partial charge in [-0.3, -0.25) is 9.36 Å². The number of amides is 1. The van der Waals surface area contributed by atoms with Crippen LogP contribution in [0.5, 0.6) is 5.75 Å². The Bertz CT molecular complexity index is 1230. The molecule has 154 valence electrons. The summed E-state index contributed by atoms with van der Waals surface area (Å²) in [6.07, 6.45) is -2.45. The molecular formula is C17H12F3N7O2S. The maximum absolute atomic E-state index is 13.6. The highest BCUT2D eigenvalue weighted by Gasteiger charge is 2.38. The van der Waals surface area contributed by atoms with Crippen LogP contribution in [0.1, 0.15) is 21.2 Å². The van der Waals surface area contributed by atoms with E-state index in [-0.39, 0.29) is 22.7 Å². The van der Waals surface area contributed by atoms with Crippen molar-refractivity contribution in [3.63, 3.8) is 0 Å². The van der Waals surface area contributed by atoms with Gasteiger partial charge in [-0.2, -0.15) is 13.2 Å². The molecule has 1 amide bonds. The summed E-state index contributed by atoms with van der Waals surface area (Å²) in [5, 5.41) is 6.26. The molecule has 0 aliphatic heterocycles. The highest BCUT2D eigenvalue weighted by Crippen LogP contribution is 2.34. The average Bonchev–Trinajstić information content (AvgIpc) is 3.31. The van der Waals surface area contributed by atoms with Crippen LogP contribution in [-0.4, -0.2) is 42.1 Å². The van der Waals surface area contributed by atoms with Gasteiger partial charge in [-0.25, -0.2) is 15.0 Å². The van der Waals surface area contributed by atoms with Crippen molar-refractivity contribution in [3.05, 3.63) is 47.0 Å². The van der Waals surface area contributed by atoms with E-state index in [0.717, 1.165) is 28.5 Å². The quantitative estimate of drug-likeness (QED) is 0.524. The van der Waals surface area contributed by atoms with Gasteiger partial charge in [0.1, 0.15) is 10.6 Å². The zero-order valence-corrected chi connectivity index (χ0v) is 16.2. The molecule has 13 heteroatoms. The van der Waals surface area contributed by atoms with Gasteiger partial charge >= 0.3 is 6.18 Å². The van der Waals surface area contributed by atoms with Crippen LogP contribution in [0.3, 0.4) is 0 Å². The fraction of sp³-hybridized carbons (Fsp3) is 0.176. The first-order valence-corrected chi connectivity index (χ1v) is 9.11. The first kappa shape index (κ1) is 19.7. The number of nitrogens with one attached hydrogen (secondary N) is 1. The number of fused-ring (bicyclic) bond motifs is 1. The van der Waals surface area contributed by atoms with Crippen molar-refractivity contribution in [3.8, 4) is 11.6 Å². The summed E-state index contributed by atoms with van der Waals surface area (Å²) >= 11 is 0.918. The molecule has 4 rings (SSSR count). The predicted octanol–water partition coefficient (Wildman–Crippen LogP) is 3.26. The van der Waals surface area contributed by atoms with Crippen LogP contribution in [0.25, 0.3) is 16.9 Å². The van der Waals surface area contributed by atoms with Gasteiger partial charge in [0.25, 0.3) is 5.91 Å². The van der Waals surface area contributed by atoms with E-state index in [4.69, 9.17) is 4.74 Å². The Morgan fingerprint density at radius 1 is 1.23 bits per heavy atom. The van der Waals surface area contributed by atoms with Gasteiger partial charge in [0.2, 0.25) is 5.82 Å². The van der Waals surface area contributed by atoms with Gasteiger partial charge in [-0.1, -0.05) is 4.49 Å². The summed E-state index contributed by atoms with van der Waals surface area (Å²) < 4.78 is 50.3. The van der Waals surface area contributed by atoms with E-state index in [2.05, 4.69) is 29.9 Å². The topological polar surface area (TPSA) is 108 Å². The lowest BCUT2D eigenvalue weighted by atomic mass is 10.3. The molecule has 0 fully saturated rings. The number of aromatic nitrogens is 6. The zero-order valence-electron chi connectivity index (χ0n) is 15.4. The number of aryl methyl sites for hydroxylation is 1. The van der Waals surface area contributed by atoms with E-state index in [1.54, 1.807) is 6.92 Å². The molecule has 0 saturated heterocycles. The van der Waals surface area contributed by atoms with Gasteiger partial charge in [0.05, 0.1) is 36.2 Å². The van der Waals surface area contributed by atoms with Crippen molar-refractivity contribution in [2.24, 2.45) is 0 Å². The molecule has 3 heterocycles. The molecule has 0 aliphatic rings. The molecule has 0 bridgehead atoms. The molecule has 0 atom stereocenters. The van der Waals surface area contributed by atoms with Crippen LogP contribution in [0.4, 0.5) is 19.0 Å². The Balaban J connectivity index is 1.71. The standard InChI is InChI=1S/C17H12F3N7O2S/c1-8-14(30-26-25-8)15(28)24-12-6-22-13(7-21-12)27-11-4-3-9(29-2)5-10(11)23-16(27)17(18,19)20/h3-7H,1-2H3,(H,21,24,28). The first-order chi connectivity index (χ1) is 14.3. The number of carbonyl (C=O) groups excluding carboxylic acids is 1. The van der Waals surface area contributed by atoms with E-state index in [9.17, 15) is 18.0 Å². The number of alkyl halides is 3. The van der Waals surface area contributed by atoms with Crippen molar-refractivity contribution in [1.29, 1.82) is 0 Å². The summed E-state index contributed by atoms with van der Waals surface area (Å²) in [6, 6.07) is 4.37. The van der Waals surface area contributed by atoms with E-state index in [1.165, 1.54) is 25.3 Å². The monoisotopic (exact) mass is 435 g/mol. The van der Waals surface area contributed by atoms with Gasteiger partial charge in [0, 0.05) is 6.07 Å². The number of carbonyl (C=O) groups is 1. The second-order valence-electron chi connectivity index (χ2n) is 6.02. The molecular weight excluding hydrogens is 423 g/mol. The minimum Gasteiger partial charge on any atom is -0.497 e. The smallest absolute Gasteiger partial charge is 0.450 e. The zero-order chi connectivity index (χ0) is 21.5. The minimum atomic E-state index is -4.72. The largest absolute Gasteiger partial charge is 0.497 e. The molecule has 0 radical (unpaired) electrons. The lowest BCUT2D eigenvalue weighted by molar-refractivity contribution is -0.145. The van der Waals surface area contributed by atoms with Crippen LogP contribution in [0.15, 0.2) is 30.6 Å². The Morgan fingerprint density at radius 2 is 2.03 bits per heavy atom. The average molecular weight is 435 g/mol. The van der Waals surface area contributed by atoms with Crippen molar-refractivity contribution < 1.29 is 22.7 Å². The molecule has 1 N–H and O–H groups in total. The first-order valence-electron chi connectivity index (χ1n) is 8.34. The SMILES string of the molecule is COc1ccc2c(c1)nc(C(F)(F)F)n2-c1cnc(NC(=O)c2snnc2C)cn1. The van der Waals surface area contributed by atoms with Crippen LogP contribution in [0.2, 0.25) is 0 Å². The van der Waals surface area contributed by atoms with Gasteiger partial charge in [0.15, 0.2) is 11.6 Å². The number of ether oxygens (including phenoxy) is 1. The molecule has 0 unspecified atom stereocenters. The van der Waals surface area contributed by atoms with Crippen molar-refractivity contribution in [1.82, 2.24) is 29.1 Å². The van der Waals surface area contributed by atoms with E-state index in [0.29, 0.717) is 16.3 Å². The van der Waals surface area contributed by atoms with Crippen molar-refractivity contribution in [2.45, 2.75) is 13.1 Å². The van der Waals surface area contributed by atoms with Crippen molar-refractivity contribution >= 4 is 34.3 Å². The summed E-state index contributed by atoms with van der Waals surface area (Å²) in [7, 11) is 1.41. The molecule has 3 aromatic heterocycles. The van der Waals surface area contributed by atoms with E-state index >= 15 is 0 Å². The third-order valence-corrected chi connectivity index (χ3v) is 4.91. The highest BCUT2D eigenvalue weighted by atomic mass is 32.1. The number of benzene rings is 1. The fourth-order valence-corrected chi connectivity index (χ4v) is 3.27. The summed E-state index contributed by atoms with van der Waals surface area (Å²) in [6.45, 7) is 1.63. The lowest BCUT2D eigenvalue weighted by Gasteiger charge is -2.11. The van der Waals surface area contributed by atoms with Gasteiger partial charge < -0.3 is 10.1 Å². The van der Waals surface area contributed by atoms with Crippen molar-refractivity contribution in [2.75, 3.05) is 12.4 Å². The number of methoxy groups -OCH3 is 1. The number of anilines is 1. The van der Waals surface area contributed by atoms with Gasteiger partial charge in [-0.15, -0.1) is 5.10 Å². The summed E-state index contributed by atoms with van der Waals surface area (Å²) in [5.41, 5.74) is 0.729. The van der Waals surface area contributed by atoms with Crippen LogP contribution >= 0.6 is 11.5 Å². The molecule has 1 aromatic carbocycles. The third kappa shape index (κ3) is 3.54. The predicted molar refractivity (Wildman–Crippen MR) is 101 cm³/mol. The number of imidazole rings is 1. The normalized spacial score (nSPS) is 11.6. The number of rotatable bonds is 4. The second-order valence-corrected chi connectivity index (χ2v) is 6.78. The molecule has 4 aromatic rings. The Hall–Kier alpha value is -3.61. The maximum Gasteiger partial charge on any atom is 0.450 e. The second kappa shape index (κ2) is 7.33. The van der Waals surface area contributed by atoms with Crippen LogP contribution < -0.4 is 10.1 Å². The number of hydrogen-bond donors (Lipinski definition) is 1. The lowest BCUT2D eigenvalue weighted by Crippen LogP contribution is -2.16. The Morgan fingerprint density at radius 3 is 2.63 bits per heavy atom. The number of hydrogen-bond acceptors (Lipinski definition) is 8. The van der Waals surface area contributed by atoms with Gasteiger partial charge in [-0.05, 0) is 30.6 Å². The molecule has 9 nitrogen and oxygen atoms in total. The number of nitrogens with zero attached hydrogens (tertiary/aromatic N) is 6. The summed E-state index contributed by atoms with van der Waals surface area (Å²) in [5.74, 6) is -1.30. The Labute approximate surface area is 170 Å². The maximum atomic E-state index is 13.6. The van der Waals surface area contributed by atoms with Crippen LogP contribution in [-0.2, 0) is 6.18 Å². The molecule has 0 aliphatic carbocycles. The number of halogens is 3. The van der Waals surface area contributed by atoms with E-state index in [1.807, 2.05) is 0 Å². The van der Waals surface area contributed by atoms with Crippen LogP contribution in [0, 0.1) is 6.92 Å². The molecule has 30 heavy (non-hydrogen) atoms. The Kier molecular flexibility index (Phi) is 4.81. The third-order valence-electron chi connectivity index (χ3n) is 4.08. The van der Waals surface area contributed by atoms with E-state index < -0.39 is 17.9 Å².